The van der Waals surface area contributed by atoms with Gasteiger partial charge in [0.25, 0.3) is 0 Å². The SMILES string of the molecule is CC(=O)c1sc2nc(-c3cc(C)ccc3C)cn2c1C. The molecule has 20 heavy (non-hydrogen) atoms. The number of hydrogen-bond donors (Lipinski definition) is 0. The van der Waals surface area contributed by atoms with Crippen LogP contribution in [0.4, 0.5) is 0 Å². The average Bonchev–Trinajstić information content (AvgIpc) is 2.92. The van der Waals surface area contributed by atoms with Crippen LogP contribution >= 0.6 is 11.3 Å². The third-order valence-electron chi connectivity index (χ3n) is 3.55. The van der Waals surface area contributed by atoms with Crippen LogP contribution in [0, 0.1) is 20.8 Å². The van der Waals surface area contributed by atoms with Crippen LogP contribution in [0.25, 0.3) is 16.2 Å². The highest BCUT2D eigenvalue weighted by Gasteiger charge is 2.15. The molecule has 0 aliphatic carbocycles. The Morgan fingerprint density at radius 2 is 2.00 bits per heavy atom. The molecule has 3 rings (SSSR count). The van der Waals surface area contributed by atoms with E-state index in [9.17, 15) is 4.79 Å². The zero-order chi connectivity index (χ0) is 14.4. The second-order valence-electron chi connectivity index (χ2n) is 5.17. The van der Waals surface area contributed by atoms with Crippen molar-refractivity contribution in [3.63, 3.8) is 0 Å². The van der Waals surface area contributed by atoms with Crippen molar-refractivity contribution in [2.45, 2.75) is 27.7 Å². The van der Waals surface area contributed by atoms with Gasteiger partial charge in [-0.3, -0.25) is 9.20 Å². The number of hydrogen-bond acceptors (Lipinski definition) is 3. The van der Waals surface area contributed by atoms with Crippen molar-refractivity contribution in [3.8, 4) is 11.3 Å². The van der Waals surface area contributed by atoms with E-state index in [1.807, 2.05) is 17.5 Å². The van der Waals surface area contributed by atoms with Gasteiger partial charge in [-0.1, -0.05) is 29.0 Å². The first-order chi connectivity index (χ1) is 9.47. The molecule has 0 unspecified atom stereocenters. The quantitative estimate of drug-likeness (QED) is 0.661. The highest BCUT2D eigenvalue weighted by molar-refractivity contribution is 7.19. The molecule has 0 saturated carbocycles. The molecule has 2 heterocycles. The zero-order valence-electron chi connectivity index (χ0n) is 12.0. The van der Waals surface area contributed by atoms with E-state index in [0.29, 0.717) is 0 Å². The van der Waals surface area contributed by atoms with Gasteiger partial charge < -0.3 is 0 Å². The Hall–Kier alpha value is -1.94. The average molecular weight is 284 g/mol. The van der Waals surface area contributed by atoms with Crippen LogP contribution in [-0.2, 0) is 0 Å². The summed E-state index contributed by atoms with van der Waals surface area (Å²) in [7, 11) is 0. The fraction of sp³-hybridized carbons (Fsp3) is 0.250. The van der Waals surface area contributed by atoms with Gasteiger partial charge in [-0.25, -0.2) is 4.98 Å². The lowest BCUT2D eigenvalue weighted by Gasteiger charge is -2.03. The Morgan fingerprint density at radius 3 is 2.65 bits per heavy atom. The smallest absolute Gasteiger partial charge is 0.195 e. The predicted octanol–water partition coefficient (Wildman–Crippen LogP) is 4.19. The molecule has 0 fully saturated rings. The molecule has 0 aliphatic rings. The Labute approximate surface area is 121 Å². The van der Waals surface area contributed by atoms with Gasteiger partial charge in [0.1, 0.15) is 0 Å². The van der Waals surface area contributed by atoms with E-state index in [1.54, 1.807) is 6.92 Å². The molecular weight excluding hydrogens is 268 g/mol. The van der Waals surface area contributed by atoms with Crippen LogP contribution < -0.4 is 0 Å². The number of carbonyl (C=O) groups is 1. The van der Waals surface area contributed by atoms with Gasteiger partial charge in [-0.15, -0.1) is 0 Å². The summed E-state index contributed by atoms with van der Waals surface area (Å²) in [4.78, 5) is 17.9. The number of carbonyl (C=O) groups excluding carboxylic acids is 1. The van der Waals surface area contributed by atoms with Crippen molar-refractivity contribution in [3.05, 3.63) is 46.1 Å². The molecule has 3 nitrogen and oxygen atoms in total. The summed E-state index contributed by atoms with van der Waals surface area (Å²) < 4.78 is 2.01. The maximum Gasteiger partial charge on any atom is 0.195 e. The minimum absolute atomic E-state index is 0.103. The lowest BCUT2D eigenvalue weighted by atomic mass is 10.0. The van der Waals surface area contributed by atoms with Crippen molar-refractivity contribution < 1.29 is 4.79 Å². The zero-order valence-corrected chi connectivity index (χ0v) is 12.8. The standard InChI is InChI=1S/C16H16N2OS/c1-9-5-6-10(2)13(7-9)14-8-18-11(3)15(12(4)19)20-16(18)17-14/h5-8H,1-4H3. The Balaban J connectivity index is 2.19. The molecule has 0 amide bonds. The lowest BCUT2D eigenvalue weighted by Crippen LogP contribution is -1.92. The van der Waals surface area contributed by atoms with E-state index in [0.717, 1.165) is 26.8 Å². The third-order valence-corrected chi connectivity index (χ3v) is 4.80. The molecule has 2 aromatic heterocycles. The first-order valence-corrected chi connectivity index (χ1v) is 7.36. The van der Waals surface area contributed by atoms with Crippen molar-refractivity contribution in [1.82, 2.24) is 9.38 Å². The highest BCUT2D eigenvalue weighted by atomic mass is 32.1. The highest BCUT2D eigenvalue weighted by Crippen LogP contribution is 2.29. The maximum absolute atomic E-state index is 11.6. The largest absolute Gasteiger partial charge is 0.294 e. The molecule has 0 saturated heterocycles. The number of aryl methyl sites for hydroxylation is 3. The number of fused-ring (bicyclic) bond motifs is 1. The summed E-state index contributed by atoms with van der Waals surface area (Å²) in [5.41, 5.74) is 5.54. The summed E-state index contributed by atoms with van der Waals surface area (Å²) in [6.07, 6.45) is 2.02. The van der Waals surface area contributed by atoms with E-state index in [1.165, 1.54) is 22.5 Å². The molecule has 4 heteroatoms. The first-order valence-electron chi connectivity index (χ1n) is 6.54. The monoisotopic (exact) mass is 284 g/mol. The maximum atomic E-state index is 11.6. The molecule has 0 radical (unpaired) electrons. The summed E-state index contributed by atoms with van der Waals surface area (Å²) >= 11 is 1.46. The number of imidazole rings is 1. The van der Waals surface area contributed by atoms with Crippen LogP contribution in [-0.4, -0.2) is 15.2 Å². The van der Waals surface area contributed by atoms with Crippen molar-refractivity contribution in [2.75, 3.05) is 0 Å². The second-order valence-corrected chi connectivity index (χ2v) is 6.15. The molecule has 0 atom stereocenters. The topological polar surface area (TPSA) is 34.4 Å². The van der Waals surface area contributed by atoms with Crippen LogP contribution in [0.15, 0.2) is 24.4 Å². The Kier molecular flexibility index (Phi) is 2.98. The van der Waals surface area contributed by atoms with Gasteiger partial charge in [0.05, 0.1) is 10.6 Å². The number of thiazole rings is 1. The van der Waals surface area contributed by atoms with Gasteiger partial charge in [-0.2, -0.15) is 0 Å². The first kappa shape index (κ1) is 13.1. The van der Waals surface area contributed by atoms with Gasteiger partial charge >= 0.3 is 0 Å². The number of Topliss-reactive ketones (excluding diaryl/α,β-unsaturated/α-hetero) is 1. The van der Waals surface area contributed by atoms with Gasteiger partial charge in [0.2, 0.25) is 0 Å². The summed E-state index contributed by atoms with van der Waals surface area (Å²) in [6.45, 7) is 7.75. The summed E-state index contributed by atoms with van der Waals surface area (Å²) in [5, 5.41) is 0. The Morgan fingerprint density at radius 1 is 1.25 bits per heavy atom. The van der Waals surface area contributed by atoms with Crippen LogP contribution in [0.5, 0.6) is 0 Å². The van der Waals surface area contributed by atoms with Crippen LogP contribution in [0.3, 0.4) is 0 Å². The number of ketones is 1. The molecule has 0 aliphatic heterocycles. The summed E-state index contributed by atoms with van der Waals surface area (Å²) in [6, 6.07) is 6.38. The van der Waals surface area contributed by atoms with E-state index >= 15 is 0 Å². The van der Waals surface area contributed by atoms with Crippen LogP contribution in [0.1, 0.15) is 33.4 Å². The molecular formula is C16H16N2OS. The minimum atomic E-state index is 0.103. The second kappa shape index (κ2) is 4.56. The van der Waals surface area contributed by atoms with E-state index in [2.05, 4.69) is 37.0 Å². The lowest BCUT2D eigenvalue weighted by molar-refractivity contribution is 0.102. The van der Waals surface area contributed by atoms with Crippen LogP contribution in [0.2, 0.25) is 0 Å². The number of benzene rings is 1. The molecule has 0 bridgehead atoms. The van der Waals surface area contributed by atoms with E-state index in [4.69, 9.17) is 0 Å². The Bertz CT molecular complexity index is 826. The number of aromatic nitrogens is 2. The predicted molar refractivity (Wildman–Crippen MR) is 82.7 cm³/mol. The molecule has 102 valence electrons. The van der Waals surface area contributed by atoms with Crippen molar-refractivity contribution in [1.29, 1.82) is 0 Å². The van der Waals surface area contributed by atoms with Gasteiger partial charge in [0, 0.05) is 24.4 Å². The fourth-order valence-corrected chi connectivity index (χ4v) is 3.42. The molecule has 1 aromatic carbocycles. The number of nitrogens with zero attached hydrogens (tertiary/aromatic N) is 2. The fourth-order valence-electron chi connectivity index (χ4n) is 2.42. The molecule has 3 aromatic rings. The van der Waals surface area contributed by atoms with Crippen molar-refractivity contribution >= 4 is 22.1 Å². The molecule has 0 N–H and O–H groups in total. The minimum Gasteiger partial charge on any atom is -0.294 e. The normalized spacial score (nSPS) is 11.2. The number of rotatable bonds is 2. The van der Waals surface area contributed by atoms with E-state index in [-0.39, 0.29) is 5.78 Å². The molecule has 0 spiro atoms. The summed E-state index contributed by atoms with van der Waals surface area (Å²) in [5.74, 6) is 0.103. The van der Waals surface area contributed by atoms with Crippen molar-refractivity contribution in [2.24, 2.45) is 0 Å². The van der Waals surface area contributed by atoms with E-state index < -0.39 is 0 Å². The van der Waals surface area contributed by atoms with Gasteiger partial charge in [0.15, 0.2) is 10.7 Å². The van der Waals surface area contributed by atoms with Gasteiger partial charge in [-0.05, 0) is 32.4 Å². The third kappa shape index (κ3) is 1.96.